The van der Waals surface area contributed by atoms with Crippen LogP contribution in [-0.4, -0.2) is 15.9 Å². The number of nitrogens with one attached hydrogen (secondary N) is 3. The van der Waals surface area contributed by atoms with Gasteiger partial charge in [0.15, 0.2) is 0 Å². The van der Waals surface area contributed by atoms with Crippen LogP contribution in [0.5, 0.6) is 0 Å². The summed E-state index contributed by atoms with van der Waals surface area (Å²) in [6, 6.07) is 17.5. The van der Waals surface area contributed by atoms with Crippen LogP contribution in [0.25, 0.3) is 11.0 Å². The number of aromatic nitrogens is 2. The zero-order chi connectivity index (χ0) is 19.5. The summed E-state index contributed by atoms with van der Waals surface area (Å²) in [7, 11) is 0. The number of hydrogen-bond acceptors (Lipinski definition) is 4. The van der Waals surface area contributed by atoms with Gasteiger partial charge < -0.3 is 15.6 Å². The molecular weight excluding hydrogens is 359 g/mol. The van der Waals surface area contributed by atoms with E-state index in [1.807, 2.05) is 18.2 Å². The molecule has 2 heterocycles. The zero-order valence-electron chi connectivity index (χ0n) is 14.6. The molecule has 0 unspecified atom stereocenters. The van der Waals surface area contributed by atoms with E-state index in [4.69, 9.17) is 0 Å². The molecule has 0 atom stereocenters. The molecule has 138 valence electrons. The highest BCUT2D eigenvalue weighted by Crippen LogP contribution is 2.24. The molecular formula is C21H15FN4O2. The van der Waals surface area contributed by atoms with Crippen LogP contribution < -0.4 is 16.2 Å². The number of anilines is 3. The van der Waals surface area contributed by atoms with Crippen LogP contribution in [0.15, 0.2) is 77.7 Å². The lowest BCUT2D eigenvalue weighted by molar-refractivity contribution is 0.102. The average Bonchev–Trinajstić information content (AvgIpc) is 2.70. The Kier molecular flexibility index (Phi) is 4.55. The molecule has 4 rings (SSSR count). The molecule has 0 radical (unpaired) electrons. The van der Waals surface area contributed by atoms with Gasteiger partial charge in [0.25, 0.3) is 5.91 Å². The summed E-state index contributed by atoms with van der Waals surface area (Å²) < 4.78 is 13.0. The van der Waals surface area contributed by atoms with E-state index >= 15 is 0 Å². The van der Waals surface area contributed by atoms with Crippen molar-refractivity contribution in [2.75, 3.05) is 10.6 Å². The molecule has 0 aliphatic heterocycles. The average molecular weight is 374 g/mol. The molecule has 0 aliphatic rings. The molecule has 0 fully saturated rings. The number of aromatic amines is 1. The second-order valence-electron chi connectivity index (χ2n) is 6.11. The van der Waals surface area contributed by atoms with Crippen LogP contribution in [0.2, 0.25) is 0 Å². The number of benzene rings is 2. The number of pyridine rings is 2. The highest BCUT2D eigenvalue weighted by atomic mass is 19.1. The quantitative estimate of drug-likeness (QED) is 0.503. The summed E-state index contributed by atoms with van der Waals surface area (Å²) in [4.78, 5) is 30.5. The maximum Gasteiger partial charge on any atom is 0.255 e. The Hall–Kier alpha value is -4.00. The molecule has 4 aromatic rings. The van der Waals surface area contributed by atoms with Gasteiger partial charge in [0, 0.05) is 34.6 Å². The number of carbonyl (C=O) groups excluding carboxylic acids is 1. The Morgan fingerprint density at radius 2 is 1.61 bits per heavy atom. The van der Waals surface area contributed by atoms with Crippen LogP contribution in [0.4, 0.5) is 21.5 Å². The Morgan fingerprint density at radius 3 is 2.36 bits per heavy atom. The van der Waals surface area contributed by atoms with E-state index in [-0.39, 0.29) is 17.3 Å². The van der Waals surface area contributed by atoms with Crippen molar-refractivity contribution in [1.82, 2.24) is 9.97 Å². The van der Waals surface area contributed by atoms with Gasteiger partial charge in [-0.1, -0.05) is 0 Å². The number of rotatable bonds is 4. The molecule has 0 saturated carbocycles. The molecule has 28 heavy (non-hydrogen) atoms. The Balaban J connectivity index is 1.50. The number of nitrogens with zero attached hydrogens (tertiary/aromatic N) is 1. The van der Waals surface area contributed by atoms with Crippen LogP contribution >= 0.6 is 0 Å². The monoisotopic (exact) mass is 374 g/mol. The first-order chi connectivity index (χ1) is 13.6. The summed E-state index contributed by atoms with van der Waals surface area (Å²) >= 11 is 0. The van der Waals surface area contributed by atoms with Crippen LogP contribution in [0.3, 0.4) is 0 Å². The zero-order valence-corrected chi connectivity index (χ0v) is 14.6. The summed E-state index contributed by atoms with van der Waals surface area (Å²) in [5.41, 5.74) is 2.88. The van der Waals surface area contributed by atoms with E-state index in [0.29, 0.717) is 16.9 Å². The van der Waals surface area contributed by atoms with Crippen molar-refractivity contribution in [1.29, 1.82) is 0 Å². The molecule has 0 saturated heterocycles. The fourth-order valence-corrected chi connectivity index (χ4v) is 2.76. The van der Waals surface area contributed by atoms with E-state index in [2.05, 4.69) is 20.6 Å². The smallest absolute Gasteiger partial charge is 0.255 e. The Labute approximate surface area is 159 Å². The highest BCUT2D eigenvalue weighted by molar-refractivity contribution is 6.04. The number of carbonyl (C=O) groups is 1. The molecule has 0 bridgehead atoms. The van der Waals surface area contributed by atoms with E-state index in [0.717, 1.165) is 16.8 Å². The summed E-state index contributed by atoms with van der Waals surface area (Å²) in [5.74, 6) is -0.704. The van der Waals surface area contributed by atoms with Gasteiger partial charge in [0.1, 0.15) is 11.5 Å². The molecule has 2 aromatic carbocycles. The Bertz CT molecular complexity index is 1200. The first-order valence-electron chi connectivity index (χ1n) is 8.50. The van der Waals surface area contributed by atoms with Gasteiger partial charge in [-0.05, 0) is 60.7 Å². The van der Waals surface area contributed by atoms with Gasteiger partial charge >= 0.3 is 0 Å². The fraction of sp³-hybridized carbons (Fsp3) is 0. The topological polar surface area (TPSA) is 86.9 Å². The first kappa shape index (κ1) is 17.4. The largest absolute Gasteiger partial charge is 0.355 e. The maximum atomic E-state index is 13.0. The fourth-order valence-electron chi connectivity index (χ4n) is 2.76. The number of amides is 1. The van der Waals surface area contributed by atoms with Crippen molar-refractivity contribution in [3.63, 3.8) is 0 Å². The normalized spacial score (nSPS) is 10.6. The van der Waals surface area contributed by atoms with E-state index in [9.17, 15) is 14.0 Å². The minimum absolute atomic E-state index is 0.210. The van der Waals surface area contributed by atoms with Crippen molar-refractivity contribution < 1.29 is 9.18 Å². The van der Waals surface area contributed by atoms with Gasteiger partial charge in [0.2, 0.25) is 5.56 Å². The molecule has 3 N–H and O–H groups in total. The number of H-pyrrole nitrogens is 1. The van der Waals surface area contributed by atoms with E-state index < -0.39 is 0 Å². The molecule has 6 nitrogen and oxygen atoms in total. The van der Waals surface area contributed by atoms with Crippen molar-refractivity contribution in [3.05, 3.63) is 94.7 Å². The number of hydrogen-bond donors (Lipinski definition) is 3. The predicted octanol–water partition coefficient (Wildman–Crippen LogP) is 4.06. The van der Waals surface area contributed by atoms with Crippen LogP contribution in [-0.2, 0) is 0 Å². The number of fused-ring (bicyclic) bond motifs is 1. The van der Waals surface area contributed by atoms with Crippen molar-refractivity contribution in [2.24, 2.45) is 0 Å². The maximum absolute atomic E-state index is 13.0. The van der Waals surface area contributed by atoms with Crippen molar-refractivity contribution in [2.45, 2.75) is 0 Å². The van der Waals surface area contributed by atoms with E-state index in [1.165, 1.54) is 30.3 Å². The van der Waals surface area contributed by atoms with Gasteiger partial charge in [-0.3, -0.25) is 9.59 Å². The van der Waals surface area contributed by atoms with Crippen molar-refractivity contribution in [3.8, 4) is 0 Å². The first-order valence-corrected chi connectivity index (χ1v) is 8.50. The predicted molar refractivity (Wildman–Crippen MR) is 106 cm³/mol. The van der Waals surface area contributed by atoms with Gasteiger partial charge in [-0.2, -0.15) is 0 Å². The van der Waals surface area contributed by atoms with Crippen LogP contribution in [0.1, 0.15) is 10.4 Å². The third-order valence-corrected chi connectivity index (χ3v) is 4.16. The summed E-state index contributed by atoms with van der Waals surface area (Å²) in [5, 5.41) is 6.82. The minimum Gasteiger partial charge on any atom is -0.355 e. The lowest BCUT2D eigenvalue weighted by Gasteiger charge is -2.10. The lowest BCUT2D eigenvalue weighted by Crippen LogP contribution is -2.11. The molecule has 7 heteroatoms. The molecule has 0 spiro atoms. The summed E-state index contributed by atoms with van der Waals surface area (Å²) in [6.45, 7) is 0. The van der Waals surface area contributed by atoms with Gasteiger partial charge in [0.05, 0.1) is 5.69 Å². The second kappa shape index (κ2) is 7.32. The standard InChI is InChI=1S/C21H15FN4O2/c22-14-3-1-13(2-4-14)21(28)25-16-7-5-15(6-8-16)24-18-11-12-23-20-17(18)9-10-19(27)26-20/h1-12H,(H,25,28)(H2,23,24,26,27). The minimum atomic E-state index is -0.389. The molecule has 0 aliphatic carbocycles. The second-order valence-corrected chi connectivity index (χ2v) is 6.11. The lowest BCUT2D eigenvalue weighted by atomic mass is 10.2. The SMILES string of the molecule is O=C(Nc1ccc(Nc2ccnc3[nH]c(=O)ccc23)cc1)c1ccc(F)cc1. The summed E-state index contributed by atoms with van der Waals surface area (Å²) in [6.07, 6.45) is 1.61. The Morgan fingerprint density at radius 1 is 0.893 bits per heavy atom. The van der Waals surface area contributed by atoms with Crippen LogP contribution in [0, 0.1) is 5.82 Å². The van der Waals surface area contributed by atoms with E-state index in [1.54, 1.807) is 24.4 Å². The third-order valence-electron chi connectivity index (χ3n) is 4.16. The number of halogens is 1. The highest BCUT2D eigenvalue weighted by Gasteiger charge is 2.07. The van der Waals surface area contributed by atoms with Gasteiger partial charge in [-0.25, -0.2) is 9.37 Å². The van der Waals surface area contributed by atoms with Crippen molar-refractivity contribution >= 4 is 34.0 Å². The molecule has 2 aromatic heterocycles. The molecule has 1 amide bonds. The van der Waals surface area contributed by atoms with Gasteiger partial charge in [-0.15, -0.1) is 0 Å². The third kappa shape index (κ3) is 3.73.